The predicted octanol–water partition coefficient (Wildman–Crippen LogP) is 2.38. The van der Waals surface area contributed by atoms with Crippen LogP contribution in [0.25, 0.3) is 0 Å². The highest BCUT2D eigenvalue weighted by Crippen LogP contribution is 2.27. The molecule has 3 N–H and O–H groups in total. The van der Waals surface area contributed by atoms with E-state index in [0.717, 1.165) is 37.8 Å². The van der Waals surface area contributed by atoms with Gasteiger partial charge >= 0.3 is 0 Å². The number of nitrogens with zero attached hydrogens (tertiary/aromatic N) is 1. The van der Waals surface area contributed by atoms with Crippen molar-refractivity contribution in [2.75, 3.05) is 20.1 Å². The maximum Gasteiger partial charge on any atom is 0.0767 e. The summed E-state index contributed by atoms with van der Waals surface area (Å²) < 4.78 is 0. The summed E-state index contributed by atoms with van der Waals surface area (Å²) in [6.07, 6.45) is 8.11. The van der Waals surface area contributed by atoms with E-state index in [1.165, 1.54) is 25.7 Å². The average molecular weight is 256 g/mol. The minimum Gasteiger partial charge on any atom is -0.389 e. The van der Waals surface area contributed by atoms with Crippen LogP contribution >= 0.6 is 0 Å². The van der Waals surface area contributed by atoms with Gasteiger partial charge in [-0.15, -0.1) is 0 Å². The molecular formula is C15H32N2O. The topological polar surface area (TPSA) is 49.5 Å². The van der Waals surface area contributed by atoms with Crippen LogP contribution in [0.2, 0.25) is 0 Å². The Bertz CT molecular complexity index is 229. The van der Waals surface area contributed by atoms with Crippen molar-refractivity contribution in [3.63, 3.8) is 0 Å². The number of hydrogen-bond acceptors (Lipinski definition) is 3. The lowest BCUT2D eigenvalue weighted by Crippen LogP contribution is -2.41. The van der Waals surface area contributed by atoms with E-state index < -0.39 is 5.60 Å². The van der Waals surface area contributed by atoms with Gasteiger partial charge in [0.15, 0.2) is 0 Å². The second-order valence-electron chi connectivity index (χ2n) is 6.20. The van der Waals surface area contributed by atoms with Gasteiger partial charge in [0.25, 0.3) is 0 Å². The Morgan fingerprint density at radius 3 is 2.56 bits per heavy atom. The fourth-order valence-corrected chi connectivity index (χ4v) is 3.20. The summed E-state index contributed by atoms with van der Waals surface area (Å²) >= 11 is 0. The monoisotopic (exact) mass is 256 g/mol. The van der Waals surface area contributed by atoms with Crippen molar-refractivity contribution in [2.45, 2.75) is 70.4 Å². The molecule has 1 saturated carbocycles. The molecule has 3 atom stereocenters. The molecule has 0 radical (unpaired) electrons. The summed E-state index contributed by atoms with van der Waals surface area (Å²) in [6.45, 7) is 5.85. The normalized spacial score (nSPS) is 28.3. The molecule has 0 spiro atoms. The van der Waals surface area contributed by atoms with Crippen LogP contribution in [-0.4, -0.2) is 41.8 Å². The summed E-state index contributed by atoms with van der Waals surface area (Å²) in [5.74, 6) is 0.823. The van der Waals surface area contributed by atoms with Crippen molar-refractivity contribution in [1.82, 2.24) is 4.90 Å². The van der Waals surface area contributed by atoms with Crippen LogP contribution in [0, 0.1) is 5.92 Å². The van der Waals surface area contributed by atoms with E-state index in [9.17, 15) is 5.11 Å². The highest BCUT2D eigenvalue weighted by molar-refractivity contribution is 4.81. The summed E-state index contributed by atoms with van der Waals surface area (Å²) in [5, 5.41) is 10.2. The second-order valence-corrected chi connectivity index (χ2v) is 6.20. The van der Waals surface area contributed by atoms with Crippen LogP contribution in [0.5, 0.6) is 0 Å². The van der Waals surface area contributed by atoms with Crippen molar-refractivity contribution in [3.05, 3.63) is 0 Å². The Morgan fingerprint density at radius 1 is 1.33 bits per heavy atom. The van der Waals surface area contributed by atoms with Gasteiger partial charge < -0.3 is 15.7 Å². The van der Waals surface area contributed by atoms with Crippen LogP contribution in [0.1, 0.15) is 58.8 Å². The first kappa shape index (κ1) is 15.9. The molecular weight excluding hydrogens is 224 g/mol. The van der Waals surface area contributed by atoms with Gasteiger partial charge in [-0.2, -0.15) is 0 Å². The molecule has 1 rings (SSSR count). The van der Waals surface area contributed by atoms with Gasteiger partial charge in [0.1, 0.15) is 0 Å². The third kappa shape index (κ3) is 4.52. The van der Waals surface area contributed by atoms with Gasteiger partial charge in [-0.05, 0) is 51.6 Å². The zero-order valence-electron chi connectivity index (χ0n) is 12.5. The molecule has 0 amide bonds. The fraction of sp³-hybridized carbons (Fsp3) is 1.00. The van der Waals surface area contributed by atoms with E-state index in [1.807, 2.05) is 6.92 Å². The van der Waals surface area contributed by atoms with E-state index in [2.05, 4.69) is 18.9 Å². The molecule has 3 nitrogen and oxygen atoms in total. The Labute approximate surface area is 113 Å². The first-order valence-corrected chi connectivity index (χ1v) is 7.65. The molecule has 1 aliphatic rings. The van der Waals surface area contributed by atoms with Gasteiger partial charge in [-0.3, -0.25) is 0 Å². The van der Waals surface area contributed by atoms with Crippen molar-refractivity contribution in [3.8, 4) is 0 Å². The molecule has 0 aromatic heterocycles. The van der Waals surface area contributed by atoms with Gasteiger partial charge in [0, 0.05) is 12.6 Å². The SMILES string of the molecule is CCC(O)(CN)CCCN(C)C1CCCCC1C. The zero-order valence-corrected chi connectivity index (χ0v) is 12.5. The van der Waals surface area contributed by atoms with Crippen LogP contribution < -0.4 is 5.73 Å². The first-order chi connectivity index (χ1) is 8.52. The highest BCUT2D eigenvalue weighted by atomic mass is 16.3. The standard InChI is InChI=1S/C15H32N2O/c1-4-15(18,12-16)10-7-11-17(3)14-9-6-5-8-13(14)2/h13-14,18H,4-12,16H2,1-3H3. The molecule has 3 heteroatoms. The maximum absolute atomic E-state index is 10.2. The zero-order chi connectivity index (χ0) is 13.6. The molecule has 0 aromatic rings. The van der Waals surface area contributed by atoms with Gasteiger partial charge in [-0.25, -0.2) is 0 Å². The van der Waals surface area contributed by atoms with E-state index >= 15 is 0 Å². The largest absolute Gasteiger partial charge is 0.389 e. The Balaban J connectivity index is 2.30. The minimum absolute atomic E-state index is 0.382. The third-order valence-electron chi connectivity index (χ3n) is 4.82. The van der Waals surface area contributed by atoms with Crippen molar-refractivity contribution in [1.29, 1.82) is 0 Å². The van der Waals surface area contributed by atoms with Crippen LogP contribution in [0.15, 0.2) is 0 Å². The molecule has 0 aliphatic heterocycles. The molecule has 0 heterocycles. The van der Waals surface area contributed by atoms with Crippen molar-refractivity contribution < 1.29 is 5.11 Å². The molecule has 3 unspecified atom stereocenters. The van der Waals surface area contributed by atoms with Crippen molar-refractivity contribution in [2.24, 2.45) is 11.7 Å². The second kappa shape index (κ2) is 7.46. The Kier molecular flexibility index (Phi) is 6.61. The van der Waals surface area contributed by atoms with Crippen LogP contribution in [-0.2, 0) is 0 Å². The third-order valence-corrected chi connectivity index (χ3v) is 4.82. The molecule has 1 aliphatic carbocycles. The first-order valence-electron chi connectivity index (χ1n) is 7.65. The lowest BCUT2D eigenvalue weighted by Gasteiger charge is -2.37. The lowest BCUT2D eigenvalue weighted by atomic mass is 9.85. The number of rotatable bonds is 7. The molecule has 0 aromatic carbocycles. The quantitative estimate of drug-likeness (QED) is 0.735. The van der Waals surface area contributed by atoms with E-state index in [1.54, 1.807) is 0 Å². The van der Waals surface area contributed by atoms with E-state index in [4.69, 9.17) is 5.73 Å². The Morgan fingerprint density at radius 2 is 2.00 bits per heavy atom. The van der Waals surface area contributed by atoms with Gasteiger partial charge in [-0.1, -0.05) is 26.7 Å². The number of aliphatic hydroxyl groups is 1. The number of nitrogens with two attached hydrogens (primary N) is 1. The van der Waals surface area contributed by atoms with Gasteiger partial charge in [0.2, 0.25) is 0 Å². The molecule has 108 valence electrons. The van der Waals surface area contributed by atoms with Gasteiger partial charge in [0.05, 0.1) is 5.60 Å². The summed E-state index contributed by atoms with van der Waals surface area (Å²) in [4.78, 5) is 2.50. The molecule has 18 heavy (non-hydrogen) atoms. The average Bonchev–Trinajstić information content (AvgIpc) is 2.39. The maximum atomic E-state index is 10.2. The summed E-state index contributed by atoms with van der Waals surface area (Å²) in [7, 11) is 2.24. The van der Waals surface area contributed by atoms with E-state index in [-0.39, 0.29) is 0 Å². The van der Waals surface area contributed by atoms with Crippen LogP contribution in [0.4, 0.5) is 0 Å². The van der Waals surface area contributed by atoms with Crippen LogP contribution in [0.3, 0.4) is 0 Å². The summed E-state index contributed by atoms with van der Waals surface area (Å²) in [6, 6.07) is 0.742. The molecule has 1 fully saturated rings. The fourth-order valence-electron chi connectivity index (χ4n) is 3.20. The van der Waals surface area contributed by atoms with E-state index in [0.29, 0.717) is 6.54 Å². The Hall–Kier alpha value is -0.120. The summed E-state index contributed by atoms with van der Waals surface area (Å²) in [5.41, 5.74) is 5.00. The number of hydrogen-bond donors (Lipinski definition) is 2. The molecule has 0 saturated heterocycles. The predicted molar refractivity (Wildman–Crippen MR) is 77.6 cm³/mol. The smallest absolute Gasteiger partial charge is 0.0767 e. The minimum atomic E-state index is -0.640. The van der Waals surface area contributed by atoms with Crippen molar-refractivity contribution >= 4 is 0 Å². The highest BCUT2D eigenvalue weighted by Gasteiger charge is 2.26. The lowest BCUT2D eigenvalue weighted by molar-refractivity contribution is 0.0293. The molecule has 0 bridgehead atoms.